The third-order valence-corrected chi connectivity index (χ3v) is 10.5. The molecule has 8 bridgehead atoms. The first kappa shape index (κ1) is 30.6. The Labute approximate surface area is 266 Å². The van der Waals surface area contributed by atoms with Crippen LogP contribution in [0, 0.1) is 34.6 Å². The molecule has 3 aromatic rings. The van der Waals surface area contributed by atoms with Crippen molar-refractivity contribution in [3.63, 3.8) is 0 Å². The smallest absolute Gasteiger partial charge is 0.308 e. The van der Waals surface area contributed by atoms with Gasteiger partial charge in [-0.25, -0.2) is 4.99 Å². The van der Waals surface area contributed by atoms with Gasteiger partial charge < -0.3 is 14.7 Å². The fourth-order valence-corrected chi connectivity index (χ4v) is 7.04. The number of hydrogen-bond donors (Lipinski definition) is 2. The highest BCUT2D eigenvalue weighted by atomic mass is 16.5. The second kappa shape index (κ2) is 11.2. The van der Waals surface area contributed by atoms with Crippen LogP contribution in [0.25, 0.3) is 12.2 Å². The summed E-state index contributed by atoms with van der Waals surface area (Å²) in [7, 11) is 0. The topological polar surface area (TPSA) is 82.6 Å². The first-order valence-corrected chi connectivity index (χ1v) is 15.9. The maximum absolute atomic E-state index is 13.5. The van der Waals surface area contributed by atoms with Gasteiger partial charge in [-0.2, -0.15) is 0 Å². The van der Waals surface area contributed by atoms with Crippen molar-refractivity contribution in [1.82, 2.24) is 9.97 Å². The van der Waals surface area contributed by atoms with Crippen LogP contribution in [-0.4, -0.2) is 39.5 Å². The number of fused-ring (bicyclic) bond motifs is 6. The van der Waals surface area contributed by atoms with Gasteiger partial charge in [0.2, 0.25) is 0 Å². The highest BCUT2D eigenvalue weighted by Crippen LogP contribution is 2.50. The van der Waals surface area contributed by atoms with Gasteiger partial charge in [0.05, 0.1) is 36.1 Å². The van der Waals surface area contributed by atoms with Crippen LogP contribution in [0.5, 0.6) is 0 Å². The molecule has 1 aromatic carbocycles. The van der Waals surface area contributed by atoms with Crippen molar-refractivity contribution in [2.45, 2.75) is 87.1 Å². The van der Waals surface area contributed by atoms with Crippen molar-refractivity contribution in [2.75, 3.05) is 6.61 Å². The number of allylic oxidation sites excluding steroid dienone is 4. The molecule has 2 atom stereocenters. The molecule has 232 valence electrons. The number of rotatable bonds is 4. The molecular weight excluding hydrogens is 556 g/mol. The molecule has 3 aliphatic heterocycles. The largest absolute Gasteiger partial charge is 0.466 e. The normalized spacial score (nSPS) is 20.9. The number of ether oxygens (including phenoxy) is 1. The lowest BCUT2D eigenvalue weighted by atomic mass is 9.70. The Morgan fingerprint density at radius 3 is 2.11 bits per heavy atom. The molecule has 6 nitrogen and oxygen atoms in total. The second-order valence-electron chi connectivity index (χ2n) is 13.0. The van der Waals surface area contributed by atoms with Gasteiger partial charge in [-0.15, -0.1) is 0 Å². The Morgan fingerprint density at radius 2 is 1.44 bits per heavy atom. The predicted molar refractivity (Wildman–Crippen MR) is 185 cm³/mol. The van der Waals surface area contributed by atoms with Crippen molar-refractivity contribution in [2.24, 2.45) is 9.98 Å². The maximum Gasteiger partial charge on any atom is 0.308 e. The molecule has 2 aromatic heterocycles. The van der Waals surface area contributed by atoms with Crippen LogP contribution in [0.2, 0.25) is 0 Å². The monoisotopic (exact) mass is 600 g/mol. The average molecular weight is 601 g/mol. The van der Waals surface area contributed by atoms with E-state index in [1.807, 2.05) is 6.92 Å². The van der Waals surface area contributed by atoms with Crippen LogP contribution in [0.3, 0.4) is 0 Å². The van der Waals surface area contributed by atoms with Gasteiger partial charge in [-0.05, 0) is 138 Å². The molecule has 0 amide bonds. The SMILES string of the molecule is CCOC(=O)C[C@]12N=C(C=C3N=C(C=c4[nH]c(c(C)c4C)=Cc4[nH]c(c(C)c4C)[C@H]1c1ccc(C)cc1)C(C)=C3C)C(C)=C2C. The van der Waals surface area contributed by atoms with E-state index in [-0.39, 0.29) is 18.3 Å². The Balaban J connectivity index is 1.75. The minimum Gasteiger partial charge on any atom is -0.466 e. The van der Waals surface area contributed by atoms with Crippen molar-refractivity contribution in [3.05, 3.63) is 114 Å². The zero-order chi connectivity index (χ0) is 32.4. The molecule has 6 rings (SSSR count). The van der Waals surface area contributed by atoms with Gasteiger partial charge in [0.25, 0.3) is 0 Å². The van der Waals surface area contributed by atoms with E-state index in [4.69, 9.17) is 14.7 Å². The number of aromatic nitrogens is 2. The van der Waals surface area contributed by atoms with Gasteiger partial charge in [0, 0.05) is 22.1 Å². The number of esters is 1. The Hall–Kier alpha value is -4.45. The maximum atomic E-state index is 13.5. The summed E-state index contributed by atoms with van der Waals surface area (Å²) in [6.45, 7) is 21.5. The number of carbonyl (C=O) groups is 1. The standard InChI is InChI=1S/C39H44N4O2/c1-11-45-36(44)19-39-28(10)27(9)35(43-39)18-33-24(6)23(5)31(41-33)16-30-21(3)22(4)32(40-30)17-34-25(7)26(8)38(42-34)37(39)29-14-12-20(2)13-15-29/h12-18,37,40,42H,11,19H2,1-10H3/t37-,39-/m1/s1. The molecule has 3 aliphatic rings. The van der Waals surface area contributed by atoms with E-state index in [0.717, 1.165) is 67.1 Å². The summed E-state index contributed by atoms with van der Waals surface area (Å²) in [6, 6.07) is 8.66. The summed E-state index contributed by atoms with van der Waals surface area (Å²) in [5.41, 5.74) is 15.4. The Bertz CT molecular complexity index is 2040. The van der Waals surface area contributed by atoms with Crippen LogP contribution in [-0.2, 0) is 9.53 Å². The van der Waals surface area contributed by atoms with Crippen LogP contribution < -0.4 is 10.7 Å². The number of aliphatic imine (C=N–C) groups is 2. The van der Waals surface area contributed by atoms with Crippen molar-refractivity contribution in [1.29, 1.82) is 0 Å². The number of aryl methyl sites for hydroxylation is 1. The van der Waals surface area contributed by atoms with Gasteiger partial charge in [0.15, 0.2) is 0 Å². The molecule has 0 saturated carbocycles. The van der Waals surface area contributed by atoms with E-state index >= 15 is 0 Å². The zero-order valence-electron chi connectivity index (χ0n) is 28.2. The van der Waals surface area contributed by atoms with Crippen molar-refractivity contribution >= 4 is 29.5 Å². The third kappa shape index (κ3) is 4.91. The van der Waals surface area contributed by atoms with Crippen LogP contribution in [0.1, 0.15) is 91.7 Å². The van der Waals surface area contributed by atoms with E-state index in [2.05, 4.69) is 115 Å². The highest BCUT2D eigenvalue weighted by molar-refractivity contribution is 6.23. The molecule has 5 heterocycles. The zero-order valence-corrected chi connectivity index (χ0v) is 28.2. The van der Waals surface area contributed by atoms with Crippen LogP contribution in [0.15, 0.2) is 68.3 Å². The number of H-pyrrole nitrogens is 2. The van der Waals surface area contributed by atoms with E-state index < -0.39 is 5.54 Å². The molecular formula is C39H44N4O2. The molecule has 45 heavy (non-hydrogen) atoms. The van der Waals surface area contributed by atoms with Crippen LogP contribution >= 0.6 is 0 Å². The van der Waals surface area contributed by atoms with Crippen LogP contribution in [0.4, 0.5) is 0 Å². The highest BCUT2D eigenvalue weighted by Gasteiger charge is 2.49. The minimum absolute atomic E-state index is 0.125. The summed E-state index contributed by atoms with van der Waals surface area (Å²) < 4.78 is 5.63. The number of carbonyl (C=O) groups excluding carboxylic acids is 1. The van der Waals surface area contributed by atoms with E-state index in [9.17, 15) is 4.79 Å². The number of hydrogen-bond acceptors (Lipinski definition) is 4. The summed E-state index contributed by atoms with van der Waals surface area (Å²) in [6.07, 6.45) is 6.61. The first-order chi connectivity index (χ1) is 21.4. The Kier molecular flexibility index (Phi) is 7.59. The van der Waals surface area contributed by atoms with E-state index in [0.29, 0.717) is 6.61 Å². The van der Waals surface area contributed by atoms with Gasteiger partial charge in [-0.3, -0.25) is 9.79 Å². The fourth-order valence-electron chi connectivity index (χ4n) is 7.04. The van der Waals surface area contributed by atoms with Gasteiger partial charge in [0.1, 0.15) is 5.54 Å². The van der Waals surface area contributed by atoms with Crippen molar-refractivity contribution < 1.29 is 9.53 Å². The lowest BCUT2D eigenvalue weighted by molar-refractivity contribution is -0.144. The number of benzene rings is 1. The summed E-state index contributed by atoms with van der Waals surface area (Å²) in [5, 5.41) is 2.13. The number of nitrogens with one attached hydrogen (secondary N) is 2. The lowest BCUT2D eigenvalue weighted by Crippen LogP contribution is -2.39. The summed E-state index contributed by atoms with van der Waals surface area (Å²) in [4.78, 5) is 31.8. The molecule has 0 aliphatic carbocycles. The molecule has 6 heteroatoms. The lowest BCUT2D eigenvalue weighted by Gasteiger charge is -2.37. The molecule has 0 fully saturated rings. The fraction of sp³-hybridized carbons (Fsp3) is 0.359. The van der Waals surface area contributed by atoms with Crippen molar-refractivity contribution in [3.8, 4) is 0 Å². The molecule has 0 unspecified atom stereocenters. The molecule has 0 saturated heterocycles. The predicted octanol–water partition coefficient (Wildman–Crippen LogP) is 6.80. The molecule has 0 radical (unpaired) electrons. The van der Waals surface area contributed by atoms with E-state index in [1.54, 1.807) is 0 Å². The second-order valence-corrected chi connectivity index (χ2v) is 13.0. The molecule has 0 spiro atoms. The first-order valence-electron chi connectivity index (χ1n) is 15.9. The quantitative estimate of drug-likeness (QED) is 0.323. The van der Waals surface area contributed by atoms with Gasteiger partial charge >= 0.3 is 5.97 Å². The van der Waals surface area contributed by atoms with Gasteiger partial charge in [-0.1, -0.05) is 29.8 Å². The minimum atomic E-state index is -0.898. The summed E-state index contributed by atoms with van der Waals surface area (Å²) >= 11 is 0. The summed E-state index contributed by atoms with van der Waals surface area (Å²) in [5.74, 6) is -0.521. The van der Waals surface area contributed by atoms with E-state index in [1.165, 1.54) is 27.8 Å². The average Bonchev–Trinajstić information content (AvgIpc) is 3.61. The molecule has 2 N–H and O–H groups in total. The Morgan fingerprint density at radius 1 is 0.778 bits per heavy atom. The third-order valence-electron chi connectivity index (χ3n) is 10.5. The number of aromatic amines is 2. The number of nitrogens with zero attached hydrogens (tertiary/aromatic N) is 2.